The van der Waals surface area contributed by atoms with Crippen LogP contribution in [0.25, 0.3) is 17.1 Å². The van der Waals surface area contributed by atoms with Crippen molar-refractivity contribution in [3.63, 3.8) is 0 Å². The number of H-pyrrole nitrogens is 1. The molecule has 0 atom stereocenters. The van der Waals surface area contributed by atoms with Crippen LogP contribution in [0.15, 0.2) is 29.7 Å². The molecule has 0 saturated heterocycles. The normalized spacial score (nSPS) is 13.8. The molecule has 2 aromatic heterocycles. The van der Waals surface area contributed by atoms with Crippen molar-refractivity contribution in [1.29, 1.82) is 0 Å². The average molecular weight is 385 g/mol. The quantitative estimate of drug-likeness (QED) is 0.712. The predicted octanol–water partition coefficient (Wildman–Crippen LogP) is 3.10. The minimum Gasteiger partial charge on any atom is -0.330 e. The molecule has 0 fully saturated rings. The maximum absolute atomic E-state index is 11.3. The number of tetrazole rings is 1. The minimum absolute atomic E-state index is 0.121. The Morgan fingerprint density at radius 2 is 2.27 bits per heavy atom. The summed E-state index contributed by atoms with van der Waals surface area (Å²) < 4.78 is 0. The number of aromatic nitrogens is 5. The predicted molar refractivity (Wildman–Crippen MR) is 104 cm³/mol. The van der Waals surface area contributed by atoms with Gasteiger partial charge in [0.2, 0.25) is 11.7 Å². The van der Waals surface area contributed by atoms with Crippen molar-refractivity contribution in [2.45, 2.75) is 13.8 Å². The lowest BCUT2D eigenvalue weighted by Crippen LogP contribution is -2.16. The lowest BCUT2D eigenvalue weighted by Gasteiger charge is -2.21. The summed E-state index contributed by atoms with van der Waals surface area (Å²) in [4.78, 5) is 19.0. The smallest absolute Gasteiger partial charge is 0.223 e. The number of aromatic amines is 1. The summed E-state index contributed by atoms with van der Waals surface area (Å²) in [5, 5.41) is 19.7. The molecule has 3 heterocycles. The van der Waals surface area contributed by atoms with E-state index in [-0.39, 0.29) is 5.91 Å². The van der Waals surface area contributed by atoms with Gasteiger partial charge in [0, 0.05) is 18.2 Å². The largest absolute Gasteiger partial charge is 0.330 e. The van der Waals surface area contributed by atoms with Crippen LogP contribution in [-0.2, 0) is 4.79 Å². The van der Waals surface area contributed by atoms with E-state index in [4.69, 9.17) is 0 Å². The van der Waals surface area contributed by atoms with Gasteiger partial charge in [-0.15, -0.1) is 22.0 Å². The second kappa shape index (κ2) is 6.89. The van der Waals surface area contributed by atoms with Gasteiger partial charge < -0.3 is 10.2 Å². The maximum Gasteiger partial charge on any atom is 0.223 e. The van der Waals surface area contributed by atoms with Crippen LogP contribution in [0.3, 0.4) is 0 Å². The molecule has 0 radical (unpaired) electrons. The summed E-state index contributed by atoms with van der Waals surface area (Å²) in [5.74, 6) is 1.24. The summed E-state index contributed by atoms with van der Waals surface area (Å²) in [6, 6.07) is 8.02. The highest BCUT2D eigenvalue weighted by Gasteiger charge is 2.24. The molecule has 132 valence electrons. The Morgan fingerprint density at radius 1 is 1.38 bits per heavy atom. The van der Waals surface area contributed by atoms with E-state index < -0.39 is 0 Å². The van der Waals surface area contributed by atoms with Gasteiger partial charge in [0.15, 0.2) is 5.13 Å². The number of aryl methyl sites for hydroxylation is 1. The van der Waals surface area contributed by atoms with Gasteiger partial charge in [-0.3, -0.25) is 4.79 Å². The van der Waals surface area contributed by atoms with Crippen LogP contribution >= 0.6 is 23.1 Å². The Hall–Kier alpha value is -2.72. The first-order chi connectivity index (χ1) is 12.6. The second-order valence-electron chi connectivity index (χ2n) is 5.63. The van der Waals surface area contributed by atoms with Gasteiger partial charge in [0.25, 0.3) is 0 Å². The van der Waals surface area contributed by atoms with Gasteiger partial charge in [0.05, 0.1) is 22.1 Å². The van der Waals surface area contributed by atoms with Crippen molar-refractivity contribution in [1.82, 2.24) is 25.6 Å². The highest BCUT2D eigenvalue weighted by atomic mass is 32.2. The SMILES string of the molecule is CC(=O)Nc1nc(C)c(C2=CSCN2c2cccc(-c3nn[nH]n3)c2)s1. The summed E-state index contributed by atoms with van der Waals surface area (Å²) in [6.45, 7) is 3.44. The number of hydrogen-bond donors (Lipinski definition) is 2. The Morgan fingerprint density at radius 3 is 3.04 bits per heavy atom. The fourth-order valence-corrected chi connectivity index (χ4v) is 4.68. The molecule has 2 N–H and O–H groups in total. The van der Waals surface area contributed by atoms with E-state index in [1.165, 1.54) is 18.3 Å². The minimum atomic E-state index is -0.121. The Kier molecular flexibility index (Phi) is 4.43. The molecule has 26 heavy (non-hydrogen) atoms. The van der Waals surface area contributed by atoms with Gasteiger partial charge in [-0.25, -0.2) is 4.98 Å². The monoisotopic (exact) mass is 385 g/mol. The first-order valence-electron chi connectivity index (χ1n) is 7.80. The third-order valence-corrected chi connectivity index (χ3v) is 5.66. The van der Waals surface area contributed by atoms with Gasteiger partial charge in [-0.1, -0.05) is 23.5 Å². The fraction of sp³-hybridized carbons (Fsp3) is 0.188. The number of amides is 1. The van der Waals surface area contributed by atoms with Crippen LogP contribution < -0.4 is 10.2 Å². The van der Waals surface area contributed by atoms with Crippen LogP contribution in [0.1, 0.15) is 17.5 Å². The molecule has 1 amide bonds. The van der Waals surface area contributed by atoms with E-state index in [0.717, 1.165) is 33.4 Å². The van der Waals surface area contributed by atoms with Crippen molar-refractivity contribution in [2.75, 3.05) is 16.1 Å². The number of thioether (sulfide) groups is 1. The van der Waals surface area contributed by atoms with Gasteiger partial charge in [0.1, 0.15) is 0 Å². The van der Waals surface area contributed by atoms with E-state index in [9.17, 15) is 4.79 Å². The third-order valence-electron chi connectivity index (χ3n) is 3.76. The summed E-state index contributed by atoms with van der Waals surface area (Å²) in [5.41, 5.74) is 3.91. The topological polar surface area (TPSA) is 99.7 Å². The van der Waals surface area contributed by atoms with Crippen molar-refractivity contribution < 1.29 is 4.79 Å². The fourth-order valence-electron chi connectivity index (χ4n) is 2.65. The average Bonchev–Trinajstić information content (AvgIpc) is 3.35. The maximum atomic E-state index is 11.3. The lowest BCUT2D eigenvalue weighted by molar-refractivity contribution is -0.114. The molecule has 0 bridgehead atoms. The number of carbonyl (C=O) groups is 1. The number of nitrogens with one attached hydrogen (secondary N) is 2. The summed E-state index contributed by atoms with van der Waals surface area (Å²) in [7, 11) is 0. The zero-order valence-corrected chi connectivity index (χ0v) is 15.7. The van der Waals surface area contributed by atoms with Crippen molar-refractivity contribution >= 4 is 45.5 Å². The number of hydrogen-bond acceptors (Lipinski definition) is 8. The van der Waals surface area contributed by atoms with Crippen LogP contribution in [0.2, 0.25) is 0 Å². The van der Waals surface area contributed by atoms with Crippen LogP contribution in [0.4, 0.5) is 10.8 Å². The first kappa shape index (κ1) is 16.7. The number of carbonyl (C=O) groups excluding carboxylic acids is 1. The number of benzene rings is 1. The van der Waals surface area contributed by atoms with E-state index in [1.807, 2.05) is 25.1 Å². The summed E-state index contributed by atoms with van der Waals surface area (Å²) in [6.07, 6.45) is 0. The number of anilines is 2. The number of nitrogens with zero attached hydrogens (tertiary/aromatic N) is 5. The molecule has 3 aromatic rings. The van der Waals surface area contributed by atoms with E-state index >= 15 is 0 Å². The Balaban J connectivity index is 1.66. The van der Waals surface area contributed by atoms with Gasteiger partial charge in [-0.2, -0.15) is 5.21 Å². The molecular formula is C16H15N7OS2. The van der Waals surface area contributed by atoms with Gasteiger partial charge >= 0.3 is 0 Å². The molecule has 1 aromatic carbocycles. The van der Waals surface area contributed by atoms with Crippen LogP contribution in [-0.4, -0.2) is 37.4 Å². The van der Waals surface area contributed by atoms with Crippen molar-refractivity contribution in [3.05, 3.63) is 40.2 Å². The summed E-state index contributed by atoms with van der Waals surface area (Å²) >= 11 is 3.20. The molecule has 1 aliphatic rings. The van der Waals surface area contributed by atoms with E-state index in [1.54, 1.807) is 11.8 Å². The van der Waals surface area contributed by atoms with Gasteiger partial charge in [-0.05, 0) is 29.7 Å². The molecule has 10 heteroatoms. The molecule has 8 nitrogen and oxygen atoms in total. The molecular weight excluding hydrogens is 370 g/mol. The third kappa shape index (κ3) is 3.20. The van der Waals surface area contributed by atoms with Crippen molar-refractivity contribution in [3.8, 4) is 11.4 Å². The number of rotatable bonds is 4. The van der Waals surface area contributed by atoms with Crippen LogP contribution in [0, 0.1) is 6.92 Å². The van der Waals surface area contributed by atoms with Crippen molar-refractivity contribution in [2.24, 2.45) is 0 Å². The number of thiazole rings is 1. The highest BCUT2D eigenvalue weighted by molar-refractivity contribution is 8.02. The van der Waals surface area contributed by atoms with E-state index in [0.29, 0.717) is 11.0 Å². The zero-order valence-electron chi connectivity index (χ0n) is 14.1. The Labute approximate surface area is 157 Å². The van der Waals surface area contributed by atoms with E-state index in [2.05, 4.69) is 47.3 Å². The highest BCUT2D eigenvalue weighted by Crippen LogP contribution is 2.40. The Bertz CT molecular complexity index is 980. The second-order valence-corrected chi connectivity index (χ2v) is 7.45. The lowest BCUT2D eigenvalue weighted by atomic mass is 10.1. The standard InChI is InChI=1S/C16H15N7OS2/c1-9-14(26-16(17-9)18-10(2)24)13-7-25-8-23(13)12-5-3-4-11(6-12)15-19-21-22-20-15/h3-7H,8H2,1-2H3,(H,17,18,24)(H,19,20,21,22). The first-order valence-corrected chi connectivity index (χ1v) is 9.67. The zero-order chi connectivity index (χ0) is 18.1. The molecule has 0 spiro atoms. The van der Waals surface area contributed by atoms with Crippen LogP contribution in [0.5, 0.6) is 0 Å². The molecule has 0 aliphatic carbocycles. The molecule has 0 unspecified atom stereocenters. The molecule has 0 saturated carbocycles. The molecule has 4 rings (SSSR count). The molecule has 1 aliphatic heterocycles.